The second kappa shape index (κ2) is 6.40. The molecule has 1 aromatic rings. The SMILES string of the molecule is C=C/C=C\C.Cc1cnc(C)[nH]1. The molecule has 0 fully saturated rings. The molecule has 0 amide bonds. The number of nitrogens with one attached hydrogen (secondary N) is 1. The Kier molecular flexibility index (Phi) is 5.70. The fourth-order valence-corrected chi connectivity index (χ4v) is 0.680. The maximum atomic E-state index is 3.96. The molecule has 0 aliphatic carbocycles. The third-order valence-corrected chi connectivity index (χ3v) is 1.16. The minimum absolute atomic E-state index is 0.984. The summed E-state index contributed by atoms with van der Waals surface area (Å²) < 4.78 is 0. The largest absolute Gasteiger partial charge is 0.346 e. The second-order valence-electron chi connectivity index (χ2n) is 2.41. The number of rotatable bonds is 1. The molecule has 0 aromatic carbocycles. The Balaban J connectivity index is 0.000000217. The van der Waals surface area contributed by atoms with Crippen LogP contribution in [0.5, 0.6) is 0 Å². The molecule has 1 rings (SSSR count). The van der Waals surface area contributed by atoms with Gasteiger partial charge in [-0.15, -0.1) is 0 Å². The molecular formula is C10H16N2. The van der Waals surface area contributed by atoms with E-state index in [4.69, 9.17) is 0 Å². The number of H-pyrrole nitrogens is 1. The number of hydrogen-bond acceptors (Lipinski definition) is 1. The van der Waals surface area contributed by atoms with Crippen molar-refractivity contribution in [2.75, 3.05) is 0 Å². The first kappa shape index (κ1) is 10.7. The molecule has 1 aromatic heterocycles. The van der Waals surface area contributed by atoms with E-state index in [0.29, 0.717) is 0 Å². The molecule has 0 radical (unpaired) electrons. The van der Waals surface area contributed by atoms with E-state index in [1.54, 1.807) is 6.08 Å². The average Bonchev–Trinajstić information content (AvgIpc) is 2.38. The first-order valence-electron chi connectivity index (χ1n) is 3.92. The molecule has 12 heavy (non-hydrogen) atoms. The van der Waals surface area contributed by atoms with Crippen LogP contribution in [-0.2, 0) is 0 Å². The average molecular weight is 164 g/mol. The van der Waals surface area contributed by atoms with Crippen molar-refractivity contribution >= 4 is 0 Å². The van der Waals surface area contributed by atoms with E-state index in [9.17, 15) is 0 Å². The predicted octanol–water partition coefficient (Wildman–Crippen LogP) is 2.78. The van der Waals surface area contributed by atoms with Crippen LogP contribution in [0.4, 0.5) is 0 Å². The highest BCUT2D eigenvalue weighted by molar-refractivity contribution is 4.95. The highest BCUT2D eigenvalue weighted by atomic mass is 14.9. The normalized spacial score (nSPS) is 9.25. The van der Waals surface area contributed by atoms with E-state index in [1.165, 1.54) is 0 Å². The van der Waals surface area contributed by atoms with Gasteiger partial charge in [-0.3, -0.25) is 0 Å². The highest BCUT2D eigenvalue weighted by Crippen LogP contribution is 1.89. The molecular weight excluding hydrogens is 148 g/mol. The zero-order valence-corrected chi connectivity index (χ0v) is 7.96. The lowest BCUT2D eigenvalue weighted by Gasteiger charge is -1.74. The lowest BCUT2D eigenvalue weighted by Crippen LogP contribution is -1.70. The molecule has 66 valence electrons. The Hall–Kier alpha value is -1.31. The van der Waals surface area contributed by atoms with Crippen molar-refractivity contribution in [1.29, 1.82) is 0 Å². The van der Waals surface area contributed by atoms with Gasteiger partial charge in [0.1, 0.15) is 5.82 Å². The van der Waals surface area contributed by atoms with Crippen molar-refractivity contribution in [3.63, 3.8) is 0 Å². The van der Waals surface area contributed by atoms with E-state index >= 15 is 0 Å². The van der Waals surface area contributed by atoms with Gasteiger partial charge in [-0.2, -0.15) is 0 Å². The van der Waals surface area contributed by atoms with Crippen LogP contribution in [0, 0.1) is 13.8 Å². The van der Waals surface area contributed by atoms with E-state index in [1.807, 2.05) is 39.1 Å². The molecule has 1 N–H and O–H groups in total. The lowest BCUT2D eigenvalue weighted by molar-refractivity contribution is 1.13. The van der Waals surface area contributed by atoms with Gasteiger partial charge in [-0.1, -0.05) is 24.8 Å². The second-order valence-corrected chi connectivity index (χ2v) is 2.41. The van der Waals surface area contributed by atoms with Crippen molar-refractivity contribution in [1.82, 2.24) is 9.97 Å². The fraction of sp³-hybridized carbons (Fsp3) is 0.300. The Morgan fingerprint density at radius 2 is 2.17 bits per heavy atom. The van der Waals surface area contributed by atoms with E-state index in [0.717, 1.165) is 11.5 Å². The molecule has 0 bridgehead atoms. The van der Waals surface area contributed by atoms with Crippen molar-refractivity contribution < 1.29 is 0 Å². The molecule has 0 unspecified atom stereocenters. The highest BCUT2D eigenvalue weighted by Gasteiger charge is 1.83. The van der Waals surface area contributed by atoms with Gasteiger partial charge in [-0.05, 0) is 20.8 Å². The topological polar surface area (TPSA) is 28.7 Å². The van der Waals surface area contributed by atoms with Crippen LogP contribution in [0.1, 0.15) is 18.4 Å². The number of imidazole rings is 1. The van der Waals surface area contributed by atoms with Crippen molar-refractivity contribution in [3.8, 4) is 0 Å². The monoisotopic (exact) mass is 164 g/mol. The van der Waals surface area contributed by atoms with Gasteiger partial charge in [-0.25, -0.2) is 4.98 Å². The van der Waals surface area contributed by atoms with Crippen LogP contribution in [0.25, 0.3) is 0 Å². The molecule has 1 heterocycles. The quantitative estimate of drug-likeness (QED) is 0.635. The summed E-state index contributed by atoms with van der Waals surface area (Å²) in [5.74, 6) is 0.984. The Bertz CT molecular complexity index is 230. The van der Waals surface area contributed by atoms with E-state index in [-0.39, 0.29) is 0 Å². The van der Waals surface area contributed by atoms with Crippen molar-refractivity contribution in [3.05, 3.63) is 42.5 Å². The molecule has 0 spiro atoms. The van der Waals surface area contributed by atoms with E-state index < -0.39 is 0 Å². The smallest absolute Gasteiger partial charge is 0.103 e. The predicted molar refractivity (Wildman–Crippen MR) is 53.1 cm³/mol. The van der Waals surface area contributed by atoms with E-state index in [2.05, 4.69) is 16.5 Å². The third kappa shape index (κ3) is 5.47. The molecule has 0 atom stereocenters. The van der Waals surface area contributed by atoms with Crippen LogP contribution >= 0.6 is 0 Å². The molecule has 0 saturated heterocycles. The maximum Gasteiger partial charge on any atom is 0.103 e. The van der Waals surface area contributed by atoms with Crippen LogP contribution in [0.15, 0.2) is 31.0 Å². The summed E-state index contributed by atoms with van der Waals surface area (Å²) in [6.07, 6.45) is 7.39. The van der Waals surface area contributed by atoms with Gasteiger partial charge in [0, 0.05) is 11.9 Å². The summed E-state index contributed by atoms with van der Waals surface area (Å²) >= 11 is 0. The maximum absolute atomic E-state index is 3.96. The number of hydrogen-bond donors (Lipinski definition) is 1. The molecule has 0 aliphatic rings. The molecule has 2 nitrogen and oxygen atoms in total. The van der Waals surface area contributed by atoms with Gasteiger partial charge in [0.2, 0.25) is 0 Å². The molecule has 2 heteroatoms. The Morgan fingerprint density at radius 1 is 1.50 bits per heavy atom. The number of nitrogens with zero attached hydrogens (tertiary/aromatic N) is 1. The zero-order valence-electron chi connectivity index (χ0n) is 7.96. The van der Waals surface area contributed by atoms with Gasteiger partial charge < -0.3 is 4.98 Å². The van der Waals surface area contributed by atoms with Crippen LogP contribution < -0.4 is 0 Å². The fourth-order valence-electron chi connectivity index (χ4n) is 0.680. The minimum atomic E-state index is 0.984. The molecule has 0 saturated carbocycles. The first-order valence-corrected chi connectivity index (χ1v) is 3.92. The van der Waals surface area contributed by atoms with Crippen LogP contribution in [-0.4, -0.2) is 9.97 Å². The van der Waals surface area contributed by atoms with Gasteiger partial charge in [0.25, 0.3) is 0 Å². The van der Waals surface area contributed by atoms with Crippen LogP contribution in [0.2, 0.25) is 0 Å². The number of aryl methyl sites for hydroxylation is 2. The summed E-state index contributed by atoms with van der Waals surface area (Å²) in [5, 5.41) is 0. The number of allylic oxidation sites excluding steroid dienone is 3. The Labute approximate surface area is 74.0 Å². The van der Waals surface area contributed by atoms with Gasteiger partial charge >= 0.3 is 0 Å². The third-order valence-electron chi connectivity index (χ3n) is 1.16. The summed E-state index contributed by atoms with van der Waals surface area (Å²) in [5.41, 5.74) is 1.12. The van der Waals surface area contributed by atoms with Gasteiger partial charge in [0.15, 0.2) is 0 Å². The minimum Gasteiger partial charge on any atom is -0.346 e. The summed E-state index contributed by atoms with van der Waals surface area (Å²) in [6.45, 7) is 9.35. The number of aromatic nitrogens is 2. The summed E-state index contributed by atoms with van der Waals surface area (Å²) in [7, 11) is 0. The Morgan fingerprint density at radius 3 is 2.25 bits per heavy atom. The van der Waals surface area contributed by atoms with Gasteiger partial charge in [0.05, 0.1) is 0 Å². The standard InChI is InChI=1S/C5H8N2.C5H8/c1-4-3-6-5(2)7-4;1-3-5-4-2/h3H,1-2H3,(H,6,7);3-5H,1H2,2H3/b;5-4-. The summed E-state index contributed by atoms with van der Waals surface area (Å²) in [6, 6.07) is 0. The number of aromatic amines is 1. The summed E-state index contributed by atoms with van der Waals surface area (Å²) in [4.78, 5) is 6.99. The van der Waals surface area contributed by atoms with Crippen molar-refractivity contribution in [2.45, 2.75) is 20.8 Å². The lowest BCUT2D eigenvalue weighted by atomic mass is 10.5. The van der Waals surface area contributed by atoms with Crippen molar-refractivity contribution in [2.24, 2.45) is 0 Å². The van der Waals surface area contributed by atoms with Crippen LogP contribution in [0.3, 0.4) is 0 Å². The molecule has 0 aliphatic heterocycles. The first-order chi connectivity index (χ1) is 5.70. The zero-order chi connectivity index (χ0) is 9.40.